The number of hydrogen-bond donors (Lipinski definition) is 1. The third kappa shape index (κ3) is 2.42. The zero-order valence-corrected chi connectivity index (χ0v) is 12.7. The predicted molar refractivity (Wildman–Crippen MR) is 85.0 cm³/mol. The molecule has 2 aromatic carbocycles. The van der Waals surface area contributed by atoms with E-state index >= 15 is 0 Å². The van der Waals surface area contributed by atoms with Crippen molar-refractivity contribution in [2.24, 2.45) is 5.92 Å². The fourth-order valence-corrected chi connectivity index (χ4v) is 3.03. The normalized spacial score (nSPS) is 17.4. The third-order valence-corrected chi connectivity index (χ3v) is 4.61. The summed E-state index contributed by atoms with van der Waals surface area (Å²) in [5.74, 6) is 0.457. The van der Waals surface area contributed by atoms with Crippen molar-refractivity contribution in [1.29, 1.82) is 0 Å². The Labute approximate surface area is 130 Å². The number of aliphatic hydroxyl groups is 1. The third-order valence-electron chi connectivity index (χ3n) is 4.61. The zero-order chi connectivity index (χ0) is 15.6. The Kier molecular flexibility index (Phi) is 3.99. The second-order valence-electron chi connectivity index (χ2n) is 5.82. The van der Waals surface area contributed by atoms with E-state index in [1.807, 2.05) is 30.3 Å². The van der Waals surface area contributed by atoms with Crippen LogP contribution in [0.25, 0.3) is 0 Å². The lowest BCUT2D eigenvalue weighted by Gasteiger charge is -2.40. The van der Waals surface area contributed by atoms with Crippen molar-refractivity contribution >= 4 is 5.78 Å². The molecule has 114 valence electrons. The minimum absolute atomic E-state index is 0.00972. The molecule has 22 heavy (non-hydrogen) atoms. The van der Waals surface area contributed by atoms with Crippen LogP contribution in [-0.4, -0.2) is 18.0 Å². The van der Waals surface area contributed by atoms with Gasteiger partial charge < -0.3 is 9.84 Å². The standard InChI is InChI=1S/C19H20O3/c1-22-17-12-10-14(11-13-17)18(20)19(21,16-8-5-9-16)15-6-3-2-4-7-15/h2-4,6-7,10-13,16,21H,5,8-9H2,1H3. The van der Waals surface area contributed by atoms with E-state index in [1.54, 1.807) is 31.4 Å². The molecular weight excluding hydrogens is 276 g/mol. The lowest BCUT2D eigenvalue weighted by atomic mass is 9.67. The van der Waals surface area contributed by atoms with Crippen LogP contribution >= 0.6 is 0 Å². The van der Waals surface area contributed by atoms with E-state index in [9.17, 15) is 9.90 Å². The zero-order valence-electron chi connectivity index (χ0n) is 12.7. The Morgan fingerprint density at radius 3 is 2.23 bits per heavy atom. The first-order chi connectivity index (χ1) is 10.7. The molecule has 0 bridgehead atoms. The number of ether oxygens (including phenoxy) is 1. The molecule has 0 saturated heterocycles. The maximum absolute atomic E-state index is 13.0. The van der Waals surface area contributed by atoms with E-state index < -0.39 is 5.60 Å². The van der Waals surface area contributed by atoms with E-state index in [4.69, 9.17) is 4.74 Å². The van der Waals surface area contributed by atoms with Crippen molar-refractivity contribution in [1.82, 2.24) is 0 Å². The number of rotatable bonds is 5. The highest BCUT2D eigenvalue weighted by Gasteiger charge is 2.47. The van der Waals surface area contributed by atoms with Crippen LogP contribution in [0.1, 0.15) is 35.2 Å². The second-order valence-corrected chi connectivity index (χ2v) is 5.82. The van der Waals surface area contributed by atoms with Crippen LogP contribution in [0.5, 0.6) is 5.75 Å². The highest BCUT2D eigenvalue weighted by atomic mass is 16.5. The first-order valence-electron chi connectivity index (χ1n) is 7.63. The summed E-state index contributed by atoms with van der Waals surface area (Å²) in [6.07, 6.45) is 2.83. The Morgan fingerprint density at radius 1 is 1.09 bits per heavy atom. The molecule has 1 aliphatic carbocycles. The topological polar surface area (TPSA) is 46.5 Å². The van der Waals surface area contributed by atoms with E-state index in [0.717, 1.165) is 19.3 Å². The summed E-state index contributed by atoms with van der Waals surface area (Å²) in [5.41, 5.74) is -0.242. The largest absolute Gasteiger partial charge is 0.497 e. The monoisotopic (exact) mass is 296 g/mol. The van der Waals surface area contributed by atoms with Gasteiger partial charge >= 0.3 is 0 Å². The molecule has 0 spiro atoms. The molecule has 1 saturated carbocycles. The van der Waals surface area contributed by atoms with Crippen LogP contribution in [0, 0.1) is 5.92 Å². The van der Waals surface area contributed by atoms with Gasteiger partial charge in [-0.2, -0.15) is 0 Å². The van der Waals surface area contributed by atoms with Gasteiger partial charge in [-0.25, -0.2) is 0 Å². The molecule has 0 amide bonds. The molecule has 1 fully saturated rings. The van der Waals surface area contributed by atoms with E-state index in [0.29, 0.717) is 16.9 Å². The molecule has 0 heterocycles. The fraction of sp³-hybridized carbons (Fsp3) is 0.316. The van der Waals surface area contributed by atoms with Gasteiger partial charge in [-0.1, -0.05) is 36.8 Å². The van der Waals surface area contributed by atoms with Crippen molar-refractivity contribution in [3.05, 3.63) is 65.7 Å². The van der Waals surface area contributed by atoms with Gasteiger partial charge in [0.2, 0.25) is 0 Å². The molecule has 3 rings (SSSR count). The van der Waals surface area contributed by atoms with Gasteiger partial charge in [0.25, 0.3) is 0 Å². The Balaban J connectivity index is 2.00. The van der Waals surface area contributed by atoms with E-state index in [2.05, 4.69) is 0 Å². The molecule has 0 aliphatic heterocycles. The molecule has 3 heteroatoms. The lowest BCUT2D eigenvalue weighted by molar-refractivity contribution is -0.0320. The van der Waals surface area contributed by atoms with Crippen molar-refractivity contribution in [3.8, 4) is 5.75 Å². The van der Waals surface area contributed by atoms with Crippen molar-refractivity contribution in [2.75, 3.05) is 7.11 Å². The number of ketones is 1. The number of benzene rings is 2. The summed E-state index contributed by atoms with van der Waals surface area (Å²) in [5, 5.41) is 11.3. The number of Topliss-reactive ketones (excluding diaryl/α,β-unsaturated/α-hetero) is 1. The molecule has 0 radical (unpaired) electrons. The van der Waals surface area contributed by atoms with Crippen molar-refractivity contribution in [3.63, 3.8) is 0 Å². The number of carbonyl (C=O) groups is 1. The minimum atomic E-state index is -1.44. The minimum Gasteiger partial charge on any atom is -0.497 e. The molecule has 1 atom stereocenters. The van der Waals surface area contributed by atoms with Crippen LogP contribution < -0.4 is 4.74 Å². The van der Waals surface area contributed by atoms with Crippen LogP contribution in [0.15, 0.2) is 54.6 Å². The van der Waals surface area contributed by atoms with Crippen LogP contribution in [0.4, 0.5) is 0 Å². The molecule has 1 unspecified atom stereocenters. The van der Waals surface area contributed by atoms with Gasteiger partial charge in [0.15, 0.2) is 11.4 Å². The Bertz CT molecular complexity index is 644. The van der Waals surface area contributed by atoms with Crippen molar-refractivity contribution in [2.45, 2.75) is 24.9 Å². The van der Waals surface area contributed by atoms with Gasteiger partial charge in [0.05, 0.1) is 7.11 Å². The predicted octanol–water partition coefficient (Wildman–Crippen LogP) is 3.57. The van der Waals surface area contributed by atoms with Crippen LogP contribution in [-0.2, 0) is 5.60 Å². The number of methoxy groups -OCH3 is 1. The molecular formula is C19H20O3. The first kappa shape index (κ1) is 14.8. The lowest BCUT2D eigenvalue weighted by Crippen LogP contribution is -2.46. The molecule has 2 aromatic rings. The van der Waals surface area contributed by atoms with Crippen LogP contribution in [0.3, 0.4) is 0 Å². The quantitative estimate of drug-likeness (QED) is 0.858. The van der Waals surface area contributed by atoms with E-state index in [-0.39, 0.29) is 11.7 Å². The summed E-state index contributed by atoms with van der Waals surface area (Å²) in [6, 6.07) is 16.2. The summed E-state index contributed by atoms with van der Waals surface area (Å²) in [6.45, 7) is 0. The van der Waals surface area contributed by atoms with Gasteiger partial charge in [0.1, 0.15) is 5.75 Å². The number of hydrogen-bond acceptors (Lipinski definition) is 3. The summed E-state index contributed by atoms with van der Waals surface area (Å²) in [4.78, 5) is 13.0. The summed E-state index contributed by atoms with van der Waals surface area (Å²) < 4.78 is 5.13. The van der Waals surface area contributed by atoms with Gasteiger partial charge in [-0.05, 0) is 48.6 Å². The summed E-state index contributed by atoms with van der Waals surface area (Å²) >= 11 is 0. The van der Waals surface area contributed by atoms with E-state index in [1.165, 1.54) is 0 Å². The molecule has 3 nitrogen and oxygen atoms in total. The smallest absolute Gasteiger partial charge is 0.199 e. The van der Waals surface area contributed by atoms with Crippen LogP contribution in [0.2, 0.25) is 0 Å². The number of carbonyl (C=O) groups excluding carboxylic acids is 1. The SMILES string of the molecule is COc1ccc(C(=O)C(O)(c2ccccc2)C2CCC2)cc1. The summed E-state index contributed by atoms with van der Waals surface area (Å²) in [7, 11) is 1.59. The fourth-order valence-electron chi connectivity index (χ4n) is 3.03. The average molecular weight is 296 g/mol. The van der Waals surface area contributed by atoms with Gasteiger partial charge in [-0.15, -0.1) is 0 Å². The van der Waals surface area contributed by atoms with Gasteiger partial charge in [-0.3, -0.25) is 4.79 Å². The first-order valence-corrected chi connectivity index (χ1v) is 7.63. The highest BCUT2D eigenvalue weighted by molar-refractivity contribution is 6.03. The molecule has 0 aromatic heterocycles. The second kappa shape index (κ2) is 5.93. The maximum atomic E-state index is 13.0. The average Bonchev–Trinajstić information content (AvgIpc) is 2.53. The Hall–Kier alpha value is -2.13. The molecule has 1 aliphatic rings. The van der Waals surface area contributed by atoms with Gasteiger partial charge in [0, 0.05) is 5.56 Å². The molecule has 1 N–H and O–H groups in total. The highest BCUT2D eigenvalue weighted by Crippen LogP contribution is 2.44. The maximum Gasteiger partial charge on any atom is 0.199 e. The van der Waals surface area contributed by atoms with Crippen molar-refractivity contribution < 1.29 is 14.6 Å². The Morgan fingerprint density at radius 2 is 1.73 bits per heavy atom.